The molecular weight excluding hydrogens is 298 g/mol. The van der Waals surface area contributed by atoms with Gasteiger partial charge in [0.2, 0.25) is 5.91 Å². The minimum atomic E-state index is 0.286. The SMILES string of the molecule is O=C(C1CC2CC2C1)N(Cc1cccs1)Cc1cccs1. The largest absolute Gasteiger partial charge is 0.332 e. The van der Waals surface area contributed by atoms with Crippen molar-refractivity contribution in [2.75, 3.05) is 0 Å². The van der Waals surface area contributed by atoms with Gasteiger partial charge in [-0.3, -0.25) is 4.79 Å². The van der Waals surface area contributed by atoms with E-state index in [1.54, 1.807) is 22.7 Å². The lowest BCUT2D eigenvalue weighted by atomic mass is 10.0. The van der Waals surface area contributed by atoms with Crippen LogP contribution in [0.15, 0.2) is 35.0 Å². The molecule has 2 nitrogen and oxygen atoms in total. The molecule has 0 N–H and O–H groups in total. The molecule has 1 amide bonds. The minimum Gasteiger partial charge on any atom is -0.332 e. The highest BCUT2D eigenvalue weighted by molar-refractivity contribution is 7.10. The van der Waals surface area contributed by atoms with Crippen LogP contribution >= 0.6 is 22.7 Å². The number of fused-ring (bicyclic) bond motifs is 1. The molecule has 0 bridgehead atoms. The first-order valence-electron chi connectivity index (χ1n) is 7.63. The van der Waals surface area contributed by atoms with Crippen LogP contribution in [0.2, 0.25) is 0 Å². The highest BCUT2D eigenvalue weighted by Gasteiger charge is 2.48. The van der Waals surface area contributed by atoms with E-state index >= 15 is 0 Å². The molecule has 2 aliphatic rings. The zero-order valence-electron chi connectivity index (χ0n) is 11.9. The Morgan fingerprint density at radius 2 is 1.57 bits per heavy atom. The number of thiophene rings is 2. The third-order valence-electron chi connectivity index (χ3n) is 4.76. The van der Waals surface area contributed by atoms with Crippen molar-refractivity contribution in [2.45, 2.75) is 32.4 Å². The molecule has 0 radical (unpaired) electrons. The molecule has 21 heavy (non-hydrogen) atoms. The van der Waals surface area contributed by atoms with Gasteiger partial charge in [0.1, 0.15) is 0 Å². The molecule has 2 aliphatic carbocycles. The predicted octanol–water partition coefficient (Wildman–Crippen LogP) is 4.38. The van der Waals surface area contributed by atoms with E-state index in [4.69, 9.17) is 0 Å². The van der Waals surface area contributed by atoms with E-state index < -0.39 is 0 Å². The molecule has 2 saturated carbocycles. The Morgan fingerprint density at radius 3 is 2.05 bits per heavy atom. The van der Waals surface area contributed by atoms with E-state index in [1.165, 1.54) is 16.2 Å². The molecule has 0 aromatic carbocycles. The summed E-state index contributed by atoms with van der Waals surface area (Å²) in [6.45, 7) is 1.53. The van der Waals surface area contributed by atoms with Gasteiger partial charge in [-0.1, -0.05) is 12.1 Å². The molecule has 110 valence electrons. The summed E-state index contributed by atoms with van der Waals surface area (Å²) < 4.78 is 0. The number of amides is 1. The van der Waals surface area contributed by atoms with Gasteiger partial charge in [0, 0.05) is 15.7 Å². The van der Waals surface area contributed by atoms with Crippen LogP contribution in [0.4, 0.5) is 0 Å². The van der Waals surface area contributed by atoms with E-state index in [9.17, 15) is 4.79 Å². The monoisotopic (exact) mass is 317 g/mol. The number of rotatable bonds is 5. The fraction of sp³-hybridized carbons (Fsp3) is 0.471. The summed E-state index contributed by atoms with van der Waals surface area (Å²) in [5.41, 5.74) is 0. The van der Waals surface area contributed by atoms with E-state index in [-0.39, 0.29) is 5.92 Å². The fourth-order valence-corrected chi connectivity index (χ4v) is 5.01. The molecule has 0 aliphatic heterocycles. The van der Waals surface area contributed by atoms with Crippen molar-refractivity contribution in [3.05, 3.63) is 44.8 Å². The van der Waals surface area contributed by atoms with Crippen molar-refractivity contribution in [3.63, 3.8) is 0 Å². The molecule has 2 aromatic rings. The Labute approximate surface area is 133 Å². The maximum Gasteiger partial charge on any atom is 0.226 e. The normalized spacial score (nSPS) is 26.6. The van der Waals surface area contributed by atoms with E-state index in [2.05, 4.69) is 39.9 Å². The first-order valence-corrected chi connectivity index (χ1v) is 9.39. The first-order chi connectivity index (χ1) is 10.3. The lowest BCUT2D eigenvalue weighted by Gasteiger charge is -2.25. The topological polar surface area (TPSA) is 20.3 Å². The number of carbonyl (C=O) groups excluding carboxylic acids is 1. The highest BCUT2D eigenvalue weighted by Crippen LogP contribution is 2.54. The Bertz CT molecular complexity index is 559. The van der Waals surface area contributed by atoms with Crippen LogP contribution in [-0.4, -0.2) is 10.8 Å². The van der Waals surface area contributed by atoms with Gasteiger partial charge >= 0.3 is 0 Å². The summed E-state index contributed by atoms with van der Waals surface area (Å²) in [5.74, 6) is 2.39. The van der Waals surface area contributed by atoms with Crippen molar-refractivity contribution in [2.24, 2.45) is 17.8 Å². The van der Waals surface area contributed by atoms with Crippen LogP contribution in [0.25, 0.3) is 0 Å². The quantitative estimate of drug-likeness (QED) is 0.801. The molecule has 2 atom stereocenters. The van der Waals surface area contributed by atoms with Gasteiger partial charge in [0.15, 0.2) is 0 Å². The molecular formula is C17H19NOS2. The highest BCUT2D eigenvalue weighted by atomic mass is 32.1. The van der Waals surface area contributed by atoms with Gasteiger partial charge in [0.25, 0.3) is 0 Å². The second kappa shape index (κ2) is 5.58. The fourth-order valence-electron chi connectivity index (χ4n) is 3.57. The van der Waals surface area contributed by atoms with Crippen molar-refractivity contribution in [1.82, 2.24) is 4.90 Å². The van der Waals surface area contributed by atoms with E-state index in [0.717, 1.165) is 37.8 Å². The number of hydrogen-bond acceptors (Lipinski definition) is 3. The molecule has 2 aromatic heterocycles. The molecule has 0 saturated heterocycles. The summed E-state index contributed by atoms with van der Waals surface area (Å²) in [4.78, 5) is 17.5. The van der Waals surface area contributed by atoms with Gasteiger partial charge < -0.3 is 4.90 Å². The second-order valence-electron chi connectivity index (χ2n) is 6.28. The minimum absolute atomic E-state index is 0.286. The molecule has 2 fully saturated rings. The zero-order valence-corrected chi connectivity index (χ0v) is 13.5. The first kappa shape index (κ1) is 13.5. The standard InChI is InChI=1S/C17H19NOS2/c19-17(14-8-12-7-13(12)9-14)18(10-15-3-1-5-20-15)11-16-4-2-6-21-16/h1-6,12-14H,7-11H2. The smallest absolute Gasteiger partial charge is 0.226 e. The van der Waals surface area contributed by atoms with Crippen LogP contribution in [-0.2, 0) is 17.9 Å². The molecule has 0 spiro atoms. The third kappa shape index (κ3) is 2.92. The van der Waals surface area contributed by atoms with Crippen molar-refractivity contribution < 1.29 is 4.79 Å². The van der Waals surface area contributed by atoms with Crippen LogP contribution in [0, 0.1) is 17.8 Å². The number of carbonyl (C=O) groups is 1. The van der Waals surface area contributed by atoms with Crippen molar-refractivity contribution in [1.29, 1.82) is 0 Å². The predicted molar refractivity (Wildman–Crippen MR) is 87.2 cm³/mol. The summed E-state index contributed by atoms with van der Waals surface area (Å²) in [6, 6.07) is 8.40. The van der Waals surface area contributed by atoms with Gasteiger partial charge in [0.05, 0.1) is 13.1 Å². The average molecular weight is 317 g/mol. The average Bonchev–Trinajstić information content (AvgIpc) is 3.00. The zero-order chi connectivity index (χ0) is 14.2. The summed E-state index contributed by atoms with van der Waals surface area (Å²) >= 11 is 3.49. The summed E-state index contributed by atoms with van der Waals surface area (Å²) in [6.07, 6.45) is 3.64. The van der Waals surface area contributed by atoms with Gasteiger partial charge in [-0.2, -0.15) is 0 Å². The molecule has 4 rings (SSSR count). The Hall–Kier alpha value is -1.13. The lowest BCUT2D eigenvalue weighted by Crippen LogP contribution is -2.34. The van der Waals surface area contributed by atoms with Crippen molar-refractivity contribution >= 4 is 28.6 Å². The van der Waals surface area contributed by atoms with Crippen molar-refractivity contribution in [3.8, 4) is 0 Å². The Kier molecular flexibility index (Phi) is 3.59. The summed E-state index contributed by atoms with van der Waals surface area (Å²) in [5, 5.41) is 4.18. The molecule has 2 unspecified atom stereocenters. The number of nitrogens with zero attached hydrogens (tertiary/aromatic N) is 1. The molecule has 2 heterocycles. The lowest BCUT2D eigenvalue weighted by molar-refractivity contribution is -0.136. The van der Waals surface area contributed by atoms with Gasteiger partial charge in [-0.05, 0) is 54.0 Å². The Morgan fingerprint density at radius 1 is 1.00 bits per heavy atom. The number of hydrogen-bond donors (Lipinski definition) is 0. The summed E-state index contributed by atoms with van der Waals surface area (Å²) in [7, 11) is 0. The third-order valence-corrected chi connectivity index (χ3v) is 6.48. The maximum atomic E-state index is 12.9. The van der Waals surface area contributed by atoms with Crippen LogP contribution in [0.5, 0.6) is 0 Å². The van der Waals surface area contributed by atoms with Crippen LogP contribution in [0.3, 0.4) is 0 Å². The Balaban J connectivity index is 1.49. The van der Waals surface area contributed by atoms with E-state index in [0.29, 0.717) is 5.91 Å². The van der Waals surface area contributed by atoms with Gasteiger partial charge in [-0.15, -0.1) is 22.7 Å². The second-order valence-corrected chi connectivity index (χ2v) is 8.34. The van der Waals surface area contributed by atoms with Crippen LogP contribution < -0.4 is 0 Å². The van der Waals surface area contributed by atoms with Gasteiger partial charge in [-0.25, -0.2) is 0 Å². The van der Waals surface area contributed by atoms with E-state index in [1.807, 2.05) is 0 Å². The molecule has 4 heteroatoms. The van der Waals surface area contributed by atoms with Crippen LogP contribution in [0.1, 0.15) is 29.0 Å². The maximum absolute atomic E-state index is 12.9.